The molecule has 1 fully saturated rings. The Morgan fingerprint density at radius 3 is 2.43 bits per heavy atom. The summed E-state index contributed by atoms with van der Waals surface area (Å²) in [5, 5.41) is 0. The molecule has 1 saturated carbocycles. The average molecular weight is 258 g/mol. The molecule has 0 amide bonds. The van der Waals surface area contributed by atoms with E-state index in [1.165, 1.54) is 12.1 Å². The summed E-state index contributed by atoms with van der Waals surface area (Å²) in [6, 6.07) is 4.70. The zero-order chi connectivity index (χ0) is 10.6. The standard InChI is InChI=1S/C11H13BrFN/c1-10(2)6-11(10,14)8-4-3-7(13)5-9(8)12/h3-5H,6,14H2,1-2H3. The second-order valence-corrected chi connectivity index (χ2v) is 5.51. The Kier molecular flexibility index (Phi) is 2.02. The summed E-state index contributed by atoms with van der Waals surface area (Å²) in [7, 11) is 0. The van der Waals surface area contributed by atoms with Gasteiger partial charge in [0.25, 0.3) is 0 Å². The number of benzene rings is 1. The van der Waals surface area contributed by atoms with E-state index >= 15 is 0 Å². The van der Waals surface area contributed by atoms with Crippen LogP contribution in [0.2, 0.25) is 0 Å². The van der Waals surface area contributed by atoms with E-state index in [9.17, 15) is 4.39 Å². The SMILES string of the molecule is CC1(C)CC1(N)c1ccc(F)cc1Br. The summed E-state index contributed by atoms with van der Waals surface area (Å²) < 4.78 is 13.6. The van der Waals surface area contributed by atoms with Crippen LogP contribution >= 0.6 is 15.9 Å². The molecule has 1 aromatic rings. The first-order valence-corrected chi connectivity index (χ1v) is 5.40. The fraction of sp³-hybridized carbons (Fsp3) is 0.455. The minimum Gasteiger partial charge on any atom is -0.321 e. The minimum absolute atomic E-state index is 0.118. The van der Waals surface area contributed by atoms with Crippen molar-refractivity contribution >= 4 is 15.9 Å². The van der Waals surface area contributed by atoms with Crippen molar-refractivity contribution in [1.29, 1.82) is 0 Å². The van der Waals surface area contributed by atoms with Crippen LogP contribution in [0.25, 0.3) is 0 Å². The minimum atomic E-state index is -0.292. The van der Waals surface area contributed by atoms with Crippen LogP contribution in [0.3, 0.4) is 0 Å². The van der Waals surface area contributed by atoms with E-state index in [1.54, 1.807) is 6.07 Å². The van der Waals surface area contributed by atoms with Crippen molar-refractivity contribution in [2.24, 2.45) is 11.1 Å². The van der Waals surface area contributed by atoms with Gasteiger partial charge >= 0.3 is 0 Å². The first kappa shape index (κ1) is 10.1. The van der Waals surface area contributed by atoms with Gasteiger partial charge in [-0.2, -0.15) is 0 Å². The van der Waals surface area contributed by atoms with Crippen LogP contribution in [0.15, 0.2) is 22.7 Å². The first-order valence-electron chi connectivity index (χ1n) is 4.61. The lowest BCUT2D eigenvalue weighted by Crippen LogP contribution is -2.25. The van der Waals surface area contributed by atoms with Gasteiger partial charge < -0.3 is 5.73 Å². The molecule has 1 atom stereocenters. The summed E-state index contributed by atoms with van der Waals surface area (Å²) in [6.07, 6.45) is 0.949. The number of nitrogens with two attached hydrogens (primary N) is 1. The largest absolute Gasteiger partial charge is 0.321 e. The number of halogens is 2. The second-order valence-electron chi connectivity index (χ2n) is 4.66. The molecule has 0 radical (unpaired) electrons. The Morgan fingerprint density at radius 2 is 2.00 bits per heavy atom. The highest BCUT2D eigenvalue weighted by Gasteiger charge is 2.60. The average Bonchev–Trinajstić information content (AvgIpc) is 2.50. The van der Waals surface area contributed by atoms with Crippen LogP contribution in [-0.4, -0.2) is 0 Å². The van der Waals surface area contributed by atoms with Gasteiger partial charge in [-0.3, -0.25) is 0 Å². The summed E-state index contributed by atoms with van der Waals surface area (Å²) in [5.74, 6) is -0.234. The maximum absolute atomic E-state index is 12.9. The van der Waals surface area contributed by atoms with E-state index in [0.717, 1.165) is 16.5 Å². The lowest BCUT2D eigenvalue weighted by atomic mass is 9.97. The van der Waals surface area contributed by atoms with E-state index in [-0.39, 0.29) is 16.8 Å². The van der Waals surface area contributed by atoms with Crippen molar-refractivity contribution in [1.82, 2.24) is 0 Å². The molecule has 76 valence electrons. The summed E-state index contributed by atoms with van der Waals surface area (Å²) in [5.41, 5.74) is 7.07. The molecule has 2 rings (SSSR count). The van der Waals surface area contributed by atoms with Gasteiger partial charge in [0.2, 0.25) is 0 Å². The third-order valence-corrected chi connectivity index (χ3v) is 3.87. The van der Waals surface area contributed by atoms with Crippen LogP contribution in [0.5, 0.6) is 0 Å². The van der Waals surface area contributed by atoms with Crippen molar-refractivity contribution in [2.45, 2.75) is 25.8 Å². The number of hydrogen-bond acceptors (Lipinski definition) is 1. The quantitative estimate of drug-likeness (QED) is 0.822. The third-order valence-electron chi connectivity index (χ3n) is 3.22. The van der Waals surface area contributed by atoms with E-state index < -0.39 is 0 Å². The lowest BCUT2D eigenvalue weighted by Gasteiger charge is -2.17. The van der Waals surface area contributed by atoms with E-state index in [2.05, 4.69) is 29.8 Å². The van der Waals surface area contributed by atoms with Crippen molar-refractivity contribution in [3.8, 4) is 0 Å². The first-order chi connectivity index (χ1) is 6.37. The highest BCUT2D eigenvalue weighted by molar-refractivity contribution is 9.10. The fourth-order valence-corrected chi connectivity index (χ4v) is 2.67. The van der Waals surface area contributed by atoms with E-state index in [4.69, 9.17) is 5.73 Å². The Balaban J connectivity index is 2.45. The topological polar surface area (TPSA) is 26.0 Å². The summed E-state index contributed by atoms with van der Waals surface area (Å²) in [4.78, 5) is 0. The summed E-state index contributed by atoms with van der Waals surface area (Å²) >= 11 is 3.35. The van der Waals surface area contributed by atoms with Crippen LogP contribution in [-0.2, 0) is 5.54 Å². The van der Waals surface area contributed by atoms with Gasteiger partial charge in [0.1, 0.15) is 5.82 Å². The molecule has 1 aliphatic carbocycles. The molecule has 3 heteroatoms. The van der Waals surface area contributed by atoms with Gasteiger partial charge in [0.05, 0.1) is 0 Å². The molecular weight excluding hydrogens is 245 g/mol. The monoisotopic (exact) mass is 257 g/mol. The number of rotatable bonds is 1. The number of hydrogen-bond donors (Lipinski definition) is 1. The van der Waals surface area contributed by atoms with Crippen molar-refractivity contribution in [2.75, 3.05) is 0 Å². The normalized spacial score (nSPS) is 28.9. The lowest BCUT2D eigenvalue weighted by molar-refractivity contribution is 0.507. The molecule has 2 N–H and O–H groups in total. The van der Waals surface area contributed by atoms with Crippen LogP contribution in [0, 0.1) is 11.2 Å². The molecule has 0 heterocycles. The highest BCUT2D eigenvalue weighted by atomic mass is 79.9. The van der Waals surface area contributed by atoms with Gasteiger partial charge in [0.15, 0.2) is 0 Å². The predicted molar refractivity (Wildman–Crippen MR) is 58.4 cm³/mol. The highest BCUT2D eigenvalue weighted by Crippen LogP contribution is 2.61. The molecule has 1 unspecified atom stereocenters. The van der Waals surface area contributed by atoms with Gasteiger partial charge in [0, 0.05) is 10.0 Å². The van der Waals surface area contributed by atoms with Crippen LogP contribution in [0.1, 0.15) is 25.8 Å². The molecule has 0 saturated heterocycles. The molecule has 0 spiro atoms. The Morgan fingerprint density at radius 1 is 1.43 bits per heavy atom. The molecule has 0 aromatic heterocycles. The van der Waals surface area contributed by atoms with Gasteiger partial charge in [-0.1, -0.05) is 35.8 Å². The molecule has 0 bridgehead atoms. The molecular formula is C11H13BrFN. The second kappa shape index (κ2) is 2.80. The molecule has 1 aliphatic rings. The van der Waals surface area contributed by atoms with Crippen molar-refractivity contribution < 1.29 is 4.39 Å². The van der Waals surface area contributed by atoms with Crippen LogP contribution in [0.4, 0.5) is 4.39 Å². The molecule has 0 aliphatic heterocycles. The zero-order valence-electron chi connectivity index (χ0n) is 8.27. The smallest absolute Gasteiger partial charge is 0.124 e. The fourth-order valence-electron chi connectivity index (χ4n) is 1.96. The van der Waals surface area contributed by atoms with Gasteiger partial charge in [-0.25, -0.2) is 4.39 Å². The Hall–Kier alpha value is -0.410. The van der Waals surface area contributed by atoms with Gasteiger partial charge in [-0.05, 0) is 29.5 Å². The van der Waals surface area contributed by atoms with E-state index in [1.807, 2.05) is 0 Å². The van der Waals surface area contributed by atoms with Crippen molar-refractivity contribution in [3.05, 3.63) is 34.1 Å². The summed E-state index contributed by atoms with van der Waals surface area (Å²) in [6.45, 7) is 4.26. The Bertz CT molecular complexity index is 389. The van der Waals surface area contributed by atoms with E-state index in [0.29, 0.717) is 0 Å². The van der Waals surface area contributed by atoms with Crippen molar-refractivity contribution in [3.63, 3.8) is 0 Å². The third kappa shape index (κ3) is 1.30. The molecule has 1 nitrogen and oxygen atoms in total. The maximum Gasteiger partial charge on any atom is 0.124 e. The molecule has 1 aromatic carbocycles. The predicted octanol–water partition coefficient (Wildman–Crippen LogP) is 3.17. The zero-order valence-corrected chi connectivity index (χ0v) is 9.86. The molecule has 14 heavy (non-hydrogen) atoms. The Labute approximate surface area is 91.6 Å². The van der Waals surface area contributed by atoms with Gasteiger partial charge in [-0.15, -0.1) is 0 Å². The van der Waals surface area contributed by atoms with Crippen LogP contribution < -0.4 is 5.73 Å². The maximum atomic E-state index is 12.9.